The summed E-state index contributed by atoms with van der Waals surface area (Å²) in [6, 6.07) is 2.20. The van der Waals surface area contributed by atoms with E-state index < -0.39 is 0 Å². The van der Waals surface area contributed by atoms with E-state index in [1.807, 2.05) is 26.8 Å². The molecule has 0 saturated heterocycles. The quantitative estimate of drug-likeness (QED) is 0.805. The number of anilines is 1. The largest absolute Gasteiger partial charge is 0.380 e. The Labute approximate surface area is 91.1 Å². The van der Waals surface area contributed by atoms with Crippen molar-refractivity contribution < 1.29 is 4.74 Å². The molecule has 0 amide bonds. The normalized spacial score (nSPS) is 12.5. The Morgan fingerprint density at radius 2 is 2.13 bits per heavy atom. The van der Waals surface area contributed by atoms with E-state index in [0.717, 1.165) is 23.9 Å². The third kappa shape index (κ3) is 4.25. The highest BCUT2D eigenvalue weighted by Gasteiger charge is 2.04. The topological polar surface area (TPSA) is 47.0 Å². The third-order valence-electron chi connectivity index (χ3n) is 1.93. The fraction of sp³-hybridized carbons (Fsp3) is 0.636. The average molecular weight is 209 g/mol. The van der Waals surface area contributed by atoms with Gasteiger partial charge in [0.25, 0.3) is 0 Å². The predicted octanol–water partition coefficient (Wildman–Crippen LogP) is 1.93. The van der Waals surface area contributed by atoms with Gasteiger partial charge in [-0.05, 0) is 27.7 Å². The fourth-order valence-corrected chi connectivity index (χ4v) is 1.38. The van der Waals surface area contributed by atoms with Gasteiger partial charge in [-0.2, -0.15) is 0 Å². The number of hydrogen-bond donors (Lipinski definition) is 1. The average Bonchev–Trinajstić information content (AvgIpc) is 2.13. The van der Waals surface area contributed by atoms with Crippen LogP contribution in [0, 0.1) is 13.8 Å². The fourth-order valence-electron chi connectivity index (χ4n) is 1.38. The second kappa shape index (κ2) is 5.66. The molecule has 0 aliphatic heterocycles. The van der Waals surface area contributed by atoms with E-state index in [-0.39, 0.29) is 6.04 Å². The molecular weight excluding hydrogens is 190 g/mol. The molecule has 1 heterocycles. The van der Waals surface area contributed by atoms with Gasteiger partial charge in [-0.25, -0.2) is 9.97 Å². The van der Waals surface area contributed by atoms with E-state index in [1.54, 1.807) is 0 Å². The summed E-state index contributed by atoms with van der Waals surface area (Å²) in [7, 11) is 0. The summed E-state index contributed by atoms with van der Waals surface area (Å²) < 4.78 is 5.32. The van der Waals surface area contributed by atoms with Gasteiger partial charge in [-0.1, -0.05) is 0 Å². The molecule has 1 N–H and O–H groups in total. The molecule has 4 nitrogen and oxygen atoms in total. The van der Waals surface area contributed by atoms with Crippen LogP contribution in [-0.4, -0.2) is 29.2 Å². The molecule has 0 fully saturated rings. The number of aryl methyl sites for hydroxylation is 2. The molecule has 1 rings (SSSR count). The highest BCUT2D eigenvalue weighted by Crippen LogP contribution is 2.07. The SMILES string of the molecule is CCOCC(C)Nc1cc(C)nc(C)n1. The van der Waals surface area contributed by atoms with Gasteiger partial charge >= 0.3 is 0 Å². The van der Waals surface area contributed by atoms with E-state index in [4.69, 9.17) is 4.74 Å². The Bertz CT molecular complexity index is 294. The predicted molar refractivity (Wildman–Crippen MR) is 61.1 cm³/mol. The summed E-state index contributed by atoms with van der Waals surface area (Å²) in [4.78, 5) is 8.53. The standard InChI is InChI=1S/C11H19N3O/c1-5-15-7-9(3)13-11-6-8(2)12-10(4)14-11/h6,9H,5,7H2,1-4H3,(H,12,13,14). The second-order valence-corrected chi connectivity index (χ2v) is 3.65. The maximum absolute atomic E-state index is 5.32. The lowest BCUT2D eigenvalue weighted by atomic mass is 10.3. The maximum atomic E-state index is 5.32. The minimum atomic E-state index is 0.263. The van der Waals surface area contributed by atoms with Crippen molar-refractivity contribution in [1.82, 2.24) is 9.97 Å². The van der Waals surface area contributed by atoms with Crippen molar-refractivity contribution in [1.29, 1.82) is 0 Å². The molecule has 15 heavy (non-hydrogen) atoms. The minimum Gasteiger partial charge on any atom is -0.380 e. The molecule has 0 spiro atoms. The first-order valence-electron chi connectivity index (χ1n) is 5.28. The van der Waals surface area contributed by atoms with Gasteiger partial charge in [0.1, 0.15) is 11.6 Å². The lowest BCUT2D eigenvalue weighted by molar-refractivity contribution is 0.141. The van der Waals surface area contributed by atoms with Gasteiger partial charge in [0, 0.05) is 24.4 Å². The number of rotatable bonds is 5. The zero-order chi connectivity index (χ0) is 11.3. The lowest BCUT2D eigenvalue weighted by Crippen LogP contribution is -2.22. The summed E-state index contributed by atoms with van der Waals surface area (Å²) in [5.41, 5.74) is 0.980. The van der Waals surface area contributed by atoms with Gasteiger partial charge in [0.05, 0.1) is 6.61 Å². The van der Waals surface area contributed by atoms with Crippen molar-refractivity contribution in [3.05, 3.63) is 17.6 Å². The van der Waals surface area contributed by atoms with Crippen LogP contribution in [0.5, 0.6) is 0 Å². The van der Waals surface area contributed by atoms with Crippen molar-refractivity contribution in [2.24, 2.45) is 0 Å². The molecule has 0 bridgehead atoms. The molecule has 1 aromatic heterocycles. The molecule has 1 aromatic rings. The smallest absolute Gasteiger partial charge is 0.130 e. The first-order chi connectivity index (χ1) is 7.11. The summed E-state index contributed by atoms with van der Waals surface area (Å²) in [5.74, 6) is 1.66. The lowest BCUT2D eigenvalue weighted by Gasteiger charge is -2.14. The summed E-state index contributed by atoms with van der Waals surface area (Å²) >= 11 is 0. The monoisotopic (exact) mass is 209 g/mol. The van der Waals surface area contributed by atoms with Gasteiger partial charge in [0.15, 0.2) is 0 Å². The highest BCUT2D eigenvalue weighted by atomic mass is 16.5. The number of hydrogen-bond acceptors (Lipinski definition) is 4. The molecule has 0 saturated carbocycles. The second-order valence-electron chi connectivity index (χ2n) is 3.65. The molecule has 1 atom stereocenters. The van der Waals surface area contributed by atoms with Crippen LogP contribution in [0.1, 0.15) is 25.4 Å². The zero-order valence-electron chi connectivity index (χ0n) is 9.87. The molecule has 84 valence electrons. The Kier molecular flexibility index (Phi) is 4.49. The van der Waals surface area contributed by atoms with E-state index in [2.05, 4.69) is 22.2 Å². The van der Waals surface area contributed by atoms with Crippen LogP contribution in [0.25, 0.3) is 0 Å². The van der Waals surface area contributed by atoms with Crippen LogP contribution in [0.4, 0.5) is 5.82 Å². The van der Waals surface area contributed by atoms with E-state index in [0.29, 0.717) is 6.61 Å². The van der Waals surface area contributed by atoms with E-state index >= 15 is 0 Å². The van der Waals surface area contributed by atoms with Crippen LogP contribution >= 0.6 is 0 Å². The van der Waals surface area contributed by atoms with Gasteiger partial charge in [-0.3, -0.25) is 0 Å². The molecule has 0 aromatic carbocycles. The molecule has 1 unspecified atom stereocenters. The molecule has 0 aliphatic carbocycles. The van der Waals surface area contributed by atoms with Gasteiger partial charge < -0.3 is 10.1 Å². The van der Waals surface area contributed by atoms with Crippen molar-refractivity contribution >= 4 is 5.82 Å². The number of nitrogens with zero attached hydrogens (tertiary/aromatic N) is 2. The van der Waals surface area contributed by atoms with Crippen LogP contribution in [0.3, 0.4) is 0 Å². The van der Waals surface area contributed by atoms with Crippen LogP contribution in [-0.2, 0) is 4.74 Å². The molecule has 4 heteroatoms. The summed E-state index contributed by atoms with van der Waals surface area (Å²) in [6.45, 7) is 9.36. The first-order valence-corrected chi connectivity index (χ1v) is 5.28. The molecule has 0 aliphatic rings. The Morgan fingerprint density at radius 1 is 1.40 bits per heavy atom. The van der Waals surface area contributed by atoms with E-state index in [9.17, 15) is 0 Å². The van der Waals surface area contributed by atoms with Gasteiger partial charge in [-0.15, -0.1) is 0 Å². The number of ether oxygens (including phenoxy) is 1. The zero-order valence-corrected chi connectivity index (χ0v) is 9.87. The van der Waals surface area contributed by atoms with Crippen molar-refractivity contribution in [3.8, 4) is 0 Å². The summed E-state index contributed by atoms with van der Waals surface area (Å²) in [6.07, 6.45) is 0. The van der Waals surface area contributed by atoms with Crippen molar-refractivity contribution in [2.45, 2.75) is 33.7 Å². The Hall–Kier alpha value is -1.16. The number of nitrogens with one attached hydrogen (secondary N) is 1. The van der Waals surface area contributed by atoms with Crippen LogP contribution in [0.2, 0.25) is 0 Å². The van der Waals surface area contributed by atoms with Gasteiger partial charge in [0.2, 0.25) is 0 Å². The minimum absolute atomic E-state index is 0.263. The first kappa shape index (κ1) is 11.9. The maximum Gasteiger partial charge on any atom is 0.130 e. The van der Waals surface area contributed by atoms with Crippen LogP contribution < -0.4 is 5.32 Å². The molecule has 0 radical (unpaired) electrons. The Morgan fingerprint density at radius 3 is 2.73 bits per heavy atom. The van der Waals surface area contributed by atoms with Crippen molar-refractivity contribution in [2.75, 3.05) is 18.5 Å². The van der Waals surface area contributed by atoms with Crippen molar-refractivity contribution in [3.63, 3.8) is 0 Å². The Balaban J connectivity index is 2.56. The molecular formula is C11H19N3O. The van der Waals surface area contributed by atoms with Crippen LogP contribution in [0.15, 0.2) is 6.07 Å². The summed E-state index contributed by atoms with van der Waals surface area (Å²) in [5, 5.41) is 3.28. The third-order valence-corrected chi connectivity index (χ3v) is 1.93. The van der Waals surface area contributed by atoms with E-state index in [1.165, 1.54) is 0 Å². The highest BCUT2D eigenvalue weighted by molar-refractivity contribution is 5.36. The number of aromatic nitrogens is 2.